The van der Waals surface area contributed by atoms with E-state index in [1.807, 2.05) is 24.3 Å². The van der Waals surface area contributed by atoms with Crippen molar-refractivity contribution in [2.24, 2.45) is 4.99 Å². The molecule has 7 heteroatoms. The highest BCUT2D eigenvalue weighted by Gasteiger charge is 2.05. The Morgan fingerprint density at radius 1 is 0.963 bits per heavy atom. The molecule has 0 saturated carbocycles. The van der Waals surface area contributed by atoms with E-state index in [4.69, 9.17) is 9.47 Å². The monoisotopic (exact) mass is 483 g/mol. The number of guanidine groups is 1. The zero-order valence-electron chi connectivity index (χ0n) is 15.8. The molecule has 0 radical (unpaired) electrons. The number of ether oxygens (including phenoxy) is 2. The number of benzene rings is 2. The molecule has 146 valence electrons. The number of carbonyl (C=O) groups excluding carboxylic acids is 1. The third-order valence-corrected chi connectivity index (χ3v) is 3.92. The second kappa shape index (κ2) is 12.2. The zero-order chi connectivity index (χ0) is 18.8. The standard InChI is InChI=1S/C20H25N3O3.HI/c1-21-20(22-13-12-15-6-10-18(25-2)11-7-15)23-14-16-4-8-17(9-5-16)19(24)26-3;/h4-11H,12-14H2,1-3H3,(H2,21,22,23);1H. The van der Waals surface area contributed by atoms with Gasteiger partial charge >= 0.3 is 5.97 Å². The maximum atomic E-state index is 11.4. The van der Waals surface area contributed by atoms with Crippen molar-refractivity contribution in [1.82, 2.24) is 10.6 Å². The fraction of sp³-hybridized carbons (Fsp3) is 0.300. The summed E-state index contributed by atoms with van der Waals surface area (Å²) in [6.07, 6.45) is 0.887. The predicted molar refractivity (Wildman–Crippen MR) is 118 cm³/mol. The molecule has 0 atom stereocenters. The molecule has 0 unspecified atom stereocenters. The van der Waals surface area contributed by atoms with Crippen molar-refractivity contribution in [3.05, 3.63) is 65.2 Å². The molecule has 0 fully saturated rings. The average molecular weight is 483 g/mol. The van der Waals surface area contributed by atoms with Gasteiger partial charge in [-0.3, -0.25) is 4.99 Å². The van der Waals surface area contributed by atoms with Crippen LogP contribution in [0.5, 0.6) is 5.75 Å². The maximum Gasteiger partial charge on any atom is 0.337 e. The molecule has 0 heterocycles. The molecule has 0 aliphatic carbocycles. The van der Waals surface area contributed by atoms with E-state index in [-0.39, 0.29) is 29.9 Å². The average Bonchev–Trinajstić information content (AvgIpc) is 2.70. The lowest BCUT2D eigenvalue weighted by atomic mass is 10.1. The van der Waals surface area contributed by atoms with Gasteiger partial charge in [-0.2, -0.15) is 0 Å². The minimum Gasteiger partial charge on any atom is -0.497 e. The van der Waals surface area contributed by atoms with Crippen molar-refractivity contribution in [1.29, 1.82) is 0 Å². The first-order valence-corrected chi connectivity index (χ1v) is 8.41. The Labute approximate surface area is 177 Å². The molecule has 2 aromatic carbocycles. The first-order chi connectivity index (χ1) is 12.7. The molecule has 0 aliphatic heterocycles. The van der Waals surface area contributed by atoms with Gasteiger partial charge < -0.3 is 20.1 Å². The second-order valence-corrected chi connectivity index (χ2v) is 5.64. The summed E-state index contributed by atoms with van der Waals surface area (Å²) in [7, 11) is 4.78. The van der Waals surface area contributed by atoms with E-state index in [9.17, 15) is 4.79 Å². The number of methoxy groups -OCH3 is 2. The van der Waals surface area contributed by atoms with Crippen molar-refractivity contribution in [2.45, 2.75) is 13.0 Å². The summed E-state index contributed by atoms with van der Waals surface area (Å²) in [5.74, 6) is 1.26. The highest BCUT2D eigenvalue weighted by atomic mass is 127. The van der Waals surface area contributed by atoms with Gasteiger partial charge in [0.25, 0.3) is 0 Å². The van der Waals surface area contributed by atoms with E-state index in [0.29, 0.717) is 12.1 Å². The molecule has 27 heavy (non-hydrogen) atoms. The molecular formula is C20H26IN3O3. The largest absolute Gasteiger partial charge is 0.497 e. The molecule has 2 aromatic rings. The SMILES string of the molecule is CN=C(NCCc1ccc(OC)cc1)NCc1ccc(C(=O)OC)cc1.I. The van der Waals surface area contributed by atoms with Crippen molar-refractivity contribution in [3.8, 4) is 5.75 Å². The van der Waals surface area contributed by atoms with E-state index in [1.165, 1.54) is 12.7 Å². The van der Waals surface area contributed by atoms with Crippen LogP contribution in [-0.2, 0) is 17.7 Å². The number of hydrogen-bond donors (Lipinski definition) is 2. The molecule has 2 rings (SSSR count). The van der Waals surface area contributed by atoms with Gasteiger partial charge in [0.2, 0.25) is 0 Å². The van der Waals surface area contributed by atoms with Gasteiger partial charge in [-0.05, 0) is 41.8 Å². The van der Waals surface area contributed by atoms with Crippen LogP contribution in [0, 0.1) is 0 Å². The normalized spacial score (nSPS) is 10.6. The Balaban J connectivity index is 0.00000364. The molecule has 0 amide bonds. The number of rotatable bonds is 7. The minimum atomic E-state index is -0.333. The van der Waals surface area contributed by atoms with Crippen LogP contribution in [0.2, 0.25) is 0 Å². The molecule has 0 aromatic heterocycles. The van der Waals surface area contributed by atoms with E-state index >= 15 is 0 Å². The number of esters is 1. The molecule has 2 N–H and O–H groups in total. The van der Waals surface area contributed by atoms with Crippen LogP contribution in [0.15, 0.2) is 53.5 Å². The highest BCUT2D eigenvalue weighted by molar-refractivity contribution is 14.0. The van der Waals surface area contributed by atoms with Crippen molar-refractivity contribution >= 4 is 35.9 Å². The number of nitrogens with one attached hydrogen (secondary N) is 2. The second-order valence-electron chi connectivity index (χ2n) is 5.64. The lowest BCUT2D eigenvalue weighted by Gasteiger charge is -2.12. The minimum absolute atomic E-state index is 0. The molecule has 0 spiro atoms. The fourth-order valence-corrected chi connectivity index (χ4v) is 2.40. The number of nitrogens with zero attached hydrogens (tertiary/aromatic N) is 1. The topological polar surface area (TPSA) is 72.0 Å². The molecular weight excluding hydrogens is 457 g/mol. The van der Waals surface area contributed by atoms with Gasteiger partial charge in [0.1, 0.15) is 5.75 Å². The Bertz CT molecular complexity index is 731. The van der Waals surface area contributed by atoms with Crippen LogP contribution in [0.1, 0.15) is 21.5 Å². The Morgan fingerprint density at radius 2 is 1.59 bits per heavy atom. The molecule has 0 saturated heterocycles. The lowest BCUT2D eigenvalue weighted by molar-refractivity contribution is 0.0600. The first-order valence-electron chi connectivity index (χ1n) is 8.41. The van der Waals surface area contributed by atoms with Crippen LogP contribution < -0.4 is 15.4 Å². The van der Waals surface area contributed by atoms with E-state index in [1.54, 1.807) is 26.3 Å². The Morgan fingerprint density at radius 3 is 2.15 bits per heavy atom. The summed E-state index contributed by atoms with van der Waals surface area (Å²) in [6, 6.07) is 15.3. The Hall–Kier alpha value is -2.29. The van der Waals surface area contributed by atoms with Gasteiger partial charge in [-0.15, -0.1) is 24.0 Å². The van der Waals surface area contributed by atoms with E-state index < -0.39 is 0 Å². The molecule has 0 aliphatic rings. The summed E-state index contributed by atoms with van der Waals surface area (Å²) in [5.41, 5.74) is 2.82. The third-order valence-electron chi connectivity index (χ3n) is 3.92. The van der Waals surface area contributed by atoms with E-state index in [0.717, 1.165) is 30.2 Å². The number of hydrogen-bond acceptors (Lipinski definition) is 4. The van der Waals surface area contributed by atoms with Gasteiger partial charge in [0.15, 0.2) is 5.96 Å². The van der Waals surface area contributed by atoms with Crippen LogP contribution in [0.3, 0.4) is 0 Å². The van der Waals surface area contributed by atoms with Crippen molar-refractivity contribution in [2.75, 3.05) is 27.8 Å². The molecule has 0 bridgehead atoms. The van der Waals surface area contributed by atoms with Gasteiger partial charge in [-0.25, -0.2) is 4.79 Å². The van der Waals surface area contributed by atoms with Crippen molar-refractivity contribution < 1.29 is 14.3 Å². The lowest BCUT2D eigenvalue weighted by Crippen LogP contribution is -2.37. The summed E-state index contributed by atoms with van der Waals surface area (Å²) >= 11 is 0. The first kappa shape index (κ1) is 22.8. The summed E-state index contributed by atoms with van der Waals surface area (Å²) in [4.78, 5) is 15.7. The van der Waals surface area contributed by atoms with Gasteiger partial charge in [0.05, 0.1) is 19.8 Å². The summed E-state index contributed by atoms with van der Waals surface area (Å²) in [6.45, 7) is 1.39. The fourth-order valence-electron chi connectivity index (χ4n) is 2.40. The van der Waals surface area contributed by atoms with Gasteiger partial charge in [-0.1, -0.05) is 24.3 Å². The smallest absolute Gasteiger partial charge is 0.337 e. The zero-order valence-corrected chi connectivity index (χ0v) is 18.2. The van der Waals surface area contributed by atoms with Gasteiger partial charge in [0, 0.05) is 20.1 Å². The Kier molecular flexibility index (Phi) is 10.2. The number of aliphatic imine (C=N–C) groups is 1. The molecule has 6 nitrogen and oxygen atoms in total. The van der Waals surface area contributed by atoms with Crippen molar-refractivity contribution in [3.63, 3.8) is 0 Å². The van der Waals surface area contributed by atoms with Crippen LogP contribution in [0.25, 0.3) is 0 Å². The van der Waals surface area contributed by atoms with Crippen LogP contribution in [0.4, 0.5) is 0 Å². The quantitative estimate of drug-likeness (QED) is 0.274. The summed E-state index contributed by atoms with van der Waals surface area (Å²) in [5, 5.41) is 6.54. The highest BCUT2D eigenvalue weighted by Crippen LogP contribution is 2.11. The van der Waals surface area contributed by atoms with E-state index in [2.05, 4.69) is 27.8 Å². The maximum absolute atomic E-state index is 11.4. The third kappa shape index (κ3) is 7.46. The summed E-state index contributed by atoms with van der Waals surface area (Å²) < 4.78 is 9.85. The number of carbonyl (C=O) groups is 1. The number of halogens is 1. The predicted octanol–water partition coefficient (Wildman–Crippen LogP) is 3.01. The van der Waals surface area contributed by atoms with Crippen LogP contribution >= 0.6 is 24.0 Å². The van der Waals surface area contributed by atoms with Crippen LogP contribution in [-0.4, -0.2) is 39.7 Å².